The highest BCUT2D eigenvalue weighted by Crippen LogP contribution is 2.28. The van der Waals surface area contributed by atoms with E-state index >= 15 is 0 Å². The first-order valence-electron chi connectivity index (χ1n) is 5.55. The predicted octanol–water partition coefficient (Wildman–Crippen LogP) is 2.51. The number of pyridine rings is 1. The zero-order valence-corrected chi connectivity index (χ0v) is 10.2. The number of nitrogens with zero attached hydrogens (tertiary/aromatic N) is 2. The smallest absolute Gasteiger partial charge is 0.137 e. The fraction of sp³-hybridized carbons (Fsp3) is 0.417. The molecule has 2 heterocycles. The number of hydrogen-bond acceptors (Lipinski definition) is 4. The van der Waals surface area contributed by atoms with Crippen LogP contribution in [0.5, 0.6) is 0 Å². The summed E-state index contributed by atoms with van der Waals surface area (Å²) in [4.78, 5) is 6.67. The molecule has 0 amide bonds. The van der Waals surface area contributed by atoms with E-state index in [9.17, 15) is 0 Å². The number of fused-ring (bicyclic) bond motifs is 1. The van der Waals surface area contributed by atoms with E-state index in [1.165, 1.54) is 10.1 Å². The molecule has 0 spiro atoms. The number of hydrogen-bond donors (Lipinski definition) is 1. The monoisotopic (exact) mass is 236 g/mol. The normalized spacial score (nSPS) is 10.9. The lowest BCUT2D eigenvalue weighted by molar-refractivity contribution is 0.289. The average molecular weight is 236 g/mol. The fourth-order valence-electron chi connectivity index (χ4n) is 1.81. The second-order valence-corrected chi connectivity index (χ2v) is 4.57. The average Bonchev–Trinajstić information content (AvgIpc) is 2.78. The minimum atomic E-state index is 0.232. The molecule has 0 radical (unpaired) electrons. The zero-order valence-electron chi connectivity index (χ0n) is 9.39. The van der Waals surface area contributed by atoms with Crippen molar-refractivity contribution in [3.8, 4) is 0 Å². The van der Waals surface area contributed by atoms with Crippen LogP contribution in [-0.2, 0) is 0 Å². The fourth-order valence-corrected chi connectivity index (χ4v) is 2.58. The highest BCUT2D eigenvalue weighted by atomic mass is 32.1. The lowest BCUT2D eigenvalue weighted by atomic mass is 10.3. The van der Waals surface area contributed by atoms with Crippen LogP contribution >= 0.6 is 11.3 Å². The van der Waals surface area contributed by atoms with Crippen molar-refractivity contribution >= 4 is 27.2 Å². The van der Waals surface area contributed by atoms with E-state index in [0.717, 1.165) is 25.3 Å². The van der Waals surface area contributed by atoms with E-state index in [-0.39, 0.29) is 6.61 Å². The van der Waals surface area contributed by atoms with Gasteiger partial charge in [0.05, 0.1) is 0 Å². The topological polar surface area (TPSA) is 36.4 Å². The van der Waals surface area contributed by atoms with E-state index in [0.29, 0.717) is 0 Å². The summed E-state index contributed by atoms with van der Waals surface area (Å²) in [6.45, 7) is 4.12. The van der Waals surface area contributed by atoms with Gasteiger partial charge in [0.1, 0.15) is 5.82 Å². The Morgan fingerprint density at radius 2 is 2.31 bits per heavy atom. The molecule has 0 bridgehead atoms. The van der Waals surface area contributed by atoms with E-state index in [1.807, 2.05) is 12.3 Å². The minimum Gasteiger partial charge on any atom is -0.396 e. The lowest BCUT2D eigenvalue weighted by Gasteiger charge is -2.22. The molecule has 4 heteroatoms. The molecule has 0 fully saturated rings. The summed E-state index contributed by atoms with van der Waals surface area (Å²) in [6.07, 6.45) is 2.64. The first-order valence-corrected chi connectivity index (χ1v) is 6.42. The van der Waals surface area contributed by atoms with E-state index in [2.05, 4.69) is 28.3 Å². The van der Waals surface area contributed by atoms with Crippen LogP contribution in [0.4, 0.5) is 5.82 Å². The maximum Gasteiger partial charge on any atom is 0.137 e. The third-order valence-electron chi connectivity index (χ3n) is 2.63. The van der Waals surface area contributed by atoms with Gasteiger partial charge in [-0.25, -0.2) is 4.98 Å². The van der Waals surface area contributed by atoms with Crippen molar-refractivity contribution in [2.24, 2.45) is 0 Å². The van der Waals surface area contributed by atoms with Crippen molar-refractivity contribution in [3.05, 3.63) is 23.7 Å². The van der Waals surface area contributed by atoms with Crippen molar-refractivity contribution in [2.45, 2.75) is 13.3 Å². The summed E-state index contributed by atoms with van der Waals surface area (Å²) < 4.78 is 1.27. The van der Waals surface area contributed by atoms with Crippen LogP contribution < -0.4 is 4.90 Å². The molecule has 86 valence electrons. The molecule has 0 atom stereocenters. The number of aromatic nitrogens is 1. The van der Waals surface area contributed by atoms with Crippen LogP contribution in [0.3, 0.4) is 0 Å². The van der Waals surface area contributed by atoms with E-state index in [4.69, 9.17) is 5.11 Å². The SMILES string of the molecule is CCN(CCCO)c1nccc2sccc12. The first kappa shape index (κ1) is 11.4. The molecule has 2 rings (SSSR count). The number of aliphatic hydroxyl groups is 1. The molecule has 0 aromatic carbocycles. The highest BCUT2D eigenvalue weighted by Gasteiger charge is 2.09. The molecule has 0 saturated carbocycles. The van der Waals surface area contributed by atoms with Gasteiger partial charge in [0.25, 0.3) is 0 Å². The Hall–Kier alpha value is -1.13. The molecule has 0 aliphatic rings. The summed E-state index contributed by atoms with van der Waals surface area (Å²) in [6, 6.07) is 4.16. The Morgan fingerprint density at radius 1 is 1.44 bits per heavy atom. The van der Waals surface area contributed by atoms with Crippen molar-refractivity contribution < 1.29 is 5.11 Å². The standard InChI is InChI=1S/C12H16N2OS/c1-2-14(7-3-8-15)12-10-5-9-16-11(10)4-6-13-12/h4-6,9,15H,2-3,7-8H2,1H3. The summed E-state index contributed by atoms with van der Waals surface area (Å²) in [5.74, 6) is 1.04. The van der Waals surface area contributed by atoms with Crippen LogP contribution in [-0.4, -0.2) is 29.8 Å². The van der Waals surface area contributed by atoms with Crippen molar-refractivity contribution in [1.82, 2.24) is 4.98 Å². The van der Waals surface area contributed by atoms with E-state index in [1.54, 1.807) is 11.3 Å². The van der Waals surface area contributed by atoms with Gasteiger partial charge in [-0.2, -0.15) is 0 Å². The quantitative estimate of drug-likeness (QED) is 0.866. The Morgan fingerprint density at radius 3 is 3.06 bits per heavy atom. The summed E-state index contributed by atoms with van der Waals surface area (Å²) in [5.41, 5.74) is 0. The number of rotatable bonds is 5. The van der Waals surface area contributed by atoms with E-state index < -0.39 is 0 Å². The molecule has 16 heavy (non-hydrogen) atoms. The van der Waals surface area contributed by atoms with Gasteiger partial charge in [-0.15, -0.1) is 11.3 Å². The second-order valence-electron chi connectivity index (χ2n) is 3.62. The van der Waals surface area contributed by atoms with Crippen LogP contribution in [0.15, 0.2) is 23.7 Å². The van der Waals surface area contributed by atoms with Crippen LogP contribution in [0, 0.1) is 0 Å². The highest BCUT2D eigenvalue weighted by molar-refractivity contribution is 7.17. The predicted molar refractivity (Wildman–Crippen MR) is 69.2 cm³/mol. The Kier molecular flexibility index (Phi) is 3.74. The Bertz CT molecular complexity index is 455. The molecule has 3 nitrogen and oxygen atoms in total. The van der Waals surface area contributed by atoms with Crippen LogP contribution in [0.1, 0.15) is 13.3 Å². The lowest BCUT2D eigenvalue weighted by Crippen LogP contribution is -2.25. The zero-order chi connectivity index (χ0) is 11.4. The largest absolute Gasteiger partial charge is 0.396 e. The van der Waals surface area contributed by atoms with Crippen LogP contribution in [0.25, 0.3) is 10.1 Å². The Labute approximate surface area is 99.4 Å². The number of anilines is 1. The minimum absolute atomic E-state index is 0.232. The van der Waals surface area contributed by atoms with Crippen LogP contribution in [0.2, 0.25) is 0 Å². The molecule has 0 unspecified atom stereocenters. The Balaban J connectivity index is 2.32. The van der Waals surface area contributed by atoms with Gasteiger partial charge in [0, 0.05) is 36.0 Å². The van der Waals surface area contributed by atoms with Gasteiger partial charge in [-0.1, -0.05) is 0 Å². The molecular formula is C12H16N2OS. The molecule has 1 N–H and O–H groups in total. The third kappa shape index (κ3) is 2.18. The summed E-state index contributed by atoms with van der Waals surface area (Å²) in [5, 5.41) is 12.2. The maximum absolute atomic E-state index is 8.89. The van der Waals surface area contributed by atoms with Crippen molar-refractivity contribution in [1.29, 1.82) is 0 Å². The molecular weight excluding hydrogens is 220 g/mol. The van der Waals surface area contributed by atoms with Gasteiger partial charge in [0.15, 0.2) is 0 Å². The molecule has 0 aliphatic carbocycles. The van der Waals surface area contributed by atoms with Crippen molar-refractivity contribution in [3.63, 3.8) is 0 Å². The number of thiophene rings is 1. The molecule has 2 aromatic rings. The van der Waals surface area contributed by atoms with Gasteiger partial charge < -0.3 is 10.0 Å². The summed E-state index contributed by atoms with van der Waals surface area (Å²) in [7, 11) is 0. The van der Waals surface area contributed by atoms with Gasteiger partial charge in [-0.3, -0.25) is 0 Å². The maximum atomic E-state index is 8.89. The number of aliphatic hydroxyl groups excluding tert-OH is 1. The molecule has 2 aromatic heterocycles. The molecule has 0 saturated heterocycles. The van der Waals surface area contributed by atoms with Gasteiger partial charge >= 0.3 is 0 Å². The van der Waals surface area contributed by atoms with Gasteiger partial charge in [-0.05, 0) is 30.9 Å². The van der Waals surface area contributed by atoms with Crippen molar-refractivity contribution in [2.75, 3.05) is 24.6 Å². The second kappa shape index (κ2) is 5.27. The first-order chi connectivity index (χ1) is 7.86. The summed E-state index contributed by atoms with van der Waals surface area (Å²) >= 11 is 1.74. The third-order valence-corrected chi connectivity index (χ3v) is 3.51. The molecule has 0 aliphatic heterocycles. The van der Waals surface area contributed by atoms with Gasteiger partial charge in [0.2, 0.25) is 0 Å².